The Labute approximate surface area is 107 Å². The minimum absolute atomic E-state index is 0.176. The van der Waals surface area contributed by atoms with E-state index in [-0.39, 0.29) is 5.91 Å². The molecule has 2 aliphatic heterocycles. The Balaban J connectivity index is 1.59. The fourth-order valence-corrected chi connectivity index (χ4v) is 3.22. The summed E-state index contributed by atoms with van der Waals surface area (Å²) in [7, 11) is 0. The maximum atomic E-state index is 11.8. The highest BCUT2D eigenvalue weighted by molar-refractivity contribution is 7.99. The van der Waals surface area contributed by atoms with E-state index in [1.165, 1.54) is 6.42 Å². The van der Waals surface area contributed by atoms with Gasteiger partial charge in [0.25, 0.3) is 0 Å². The molecule has 2 heterocycles. The van der Waals surface area contributed by atoms with E-state index in [0.717, 1.165) is 44.2 Å². The molecule has 2 aliphatic rings. The molecule has 0 aromatic rings. The van der Waals surface area contributed by atoms with E-state index in [4.69, 9.17) is 4.74 Å². The second-order valence-corrected chi connectivity index (χ2v) is 5.97. The van der Waals surface area contributed by atoms with Gasteiger partial charge in [-0.2, -0.15) is 11.8 Å². The number of hydrogen-bond donors (Lipinski definition) is 2. The van der Waals surface area contributed by atoms with Crippen LogP contribution in [0.5, 0.6) is 0 Å². The molecule has 2 N–H and O–H groups in total. The average molecular weight is 258 g/mol. The van der Waals surface area contributed by atoms with Gasteiger partial charge in [-0.05, 0) is 18.8 Å². The van der Waals surface area contributed by atoms with Gasteiger partial charge in [0.05, 0.1) is 6.61 Å². The molecule has 1 amide bonds. The van der Waals surface area contributed by atoms with Crippen molar-refractivity contribution in [2.75, 3.05) is 37.8 Å². The first kappa shape index (κ1) is 13.2. The van der Waals surface area contributed by atoms with Gasteiger partial charge in [0.1, 0.15) is 0 Å². The van der Waals surface area contributed by atoms with Crippen LogP contribution in [0.4, 0.5) is 0 Å². The summed E-state index contributed by atoms with van der Waals surface area (Å²) in [6, 6.07) is 0.358. The van der Waals surface area contributed by atoms with E-state index < -0.39 is 0 Å². The Morgan fingerprint density at radius 3 is 3.18 bits per heavy atom. The summed E-state index contributed by atoms with van der Waals surface area (Å²) in [6.45, 7) is 3.49. The van der Waals surface area contributed by atoms with E-state index in [1.54, 1.807) is 0 Å². The highest BCUT2D eigenvalue weighted by atomic mass is 32.2. The molecule has 0 bridgehead atoms. The number of rotatable bonds is 4. The molecule has 2 unspecified atom stereocenters. The van der Waals surface area contributed by atoms with Crippen molar-refractivity contribution in [1.29, 1.82) is 0 Å². The third-order valence-corrected chi connectivity index (χ3v) is 4.40. The maximum Gasteiger partial charge on any atom is 0.221 e. The second-order valence-electron chi connectivity index (χ2n) is 4.82. The zero-order valence-corrected chi connectivity index (χ0v) is 11.1. The fraction of sp³-hybridized carbons (Fsp3) is 0.917. The lowest BCUT2D eigenvalue weighted by Gasteiger charge is -2.24. The number of nitrogens with one attached hydrogen (secondary N) is 2. The number of carbonyl (C=O) groups is 1. The van der Waals surface area contributed by atoms with E-state index in [1.807, 2.05) is 11.8 Å². The molecule has 98 valence electrons. The third kappa shape index (κ3) is 4.85. The summed E-state index contributed by atoms with van der Waals surface area (Å²) in [5, 5.41) is 6.41. The minimum Gasteiger partial charge on any atom is -0.381 e. The molecular weight excluding hydrogens is 236 g/mol. The van der Waals surface area contributed by atoms with Crippen LogP contribution in [0, 0.1) is 5.92 Å². The first-order valence-corrected chi connectivity index (χ1v) is 7.65. The van der Waals surface area contributed by atoms with E-state index >= 15 is 0 Å². The first-order valence-electron chi connectivity index (χ1n) is 6.50. The number of amides is 1. The standard InChI is InChI=1S/C12H22N2O2S/c15-12(6-11-9-17-5-3-13-11)14-7-10-2-1-4-16-8-10/h10-11,13H,1-9H2,(H,14,15). The van der Waals surface area contributed by atoms with Crippen molar-refractivity contribution in [2.45, 2.75) is 25.3 Å². The van der Waals surface area contributed by atoms with Crippen LogP contribution in [0.1, 0.15) is 19.3 Å². The molecule has 5 heteroatoms. The molecule has 17 heavy (non-hydrogen) atoms. The van der Waals surface area contributed by atoms with Crippen LogP contribution in [-0.2, 0) is 9.53 Å². The fourth-order valence-electron chi connectivity index (χ4n) is 2.27. The monoisotopic (exact) mass is 258 g/mol. The van der Waals surface area contributed by atoms with Gasteiger partial charge in [0.15, 0.2) is 0 Å². The molecule has 0 spiro atoms. The van der Waals surface area contributed by atoms with Crippen molar-refractivity contribution in [2.24, 2.45) is 5.92 Å². The normalized spacial score (nSPS) is 29.9. The lowest BCUT2D eigenvalue weighted by Crippen LogP contribution is -2.42. The van der Waals surface area contributed by atoms with Crippen molar-refractivity contribution in [3.63, 3.8) is 0 Å². The Morgan fingerprint density at radius 1 is 1.53 bits per heavy atom. The highest BCUT2D eigenvalue weighted by Gasteiger charge is 2.18. The van der Waals surface area contributed by atoms with Gasteiger partial charge in [0.2, 0.25) is 5.91 Å². The van der Waals surface area contributed by atoms with Crippen LogP contribution >= 0.6 is 11.8 Å². The molecular formula is C12H22N2O2S. The second kappa shape index (κ2) is 7.24. The lowest BCUT2D eigenvalue weighted by atomic mass is 10.0. The molecule has 2 atom stereocenters. The number of ether oxygens (including phenoxy) is 1. The van der Waals surface area contributed by atoms with Crippen LogP contribution in [0.2, 0.25) is 0 Å². The summed E-state index contributed by atoms with van der Waals surface area (Å²) in [5.41, 5.74) is 0. The molecule has 4 nitrogen and oxygen atoms in total. The quantitative estimate of drug-likeness (QED) is 0.776. The SMILES string of the molecule is O=C(CC1CSCCN1)NCC1CCCOC1. The van der Waals surface area contributed by atoms with Gasteiger partial charge in [-0.3, -0.25) is 4.79 Å². The average Bonchev–Trinajstić information content (AvgIpc) is 2.39. The van der Waals surface area contributed by atoms with Crippen LogP contribution in [-0.4, -0.2) is 49.8 Å². The minimum atomic E-state index is 0.176. The number of carbonyl (C=O) groups excluding carboxylic acids is 1. The van der Waals surface area contributed by atoms with E-state index in [0.29, 0.717) is 18.4 Å². The van der Waals surface area contributed by atoms with Crippen molar-refractivity contribution >= 4 is 17.7 Å². The Kier molecular flexibility index (Phi) is 5.61. The third-order valence-electron chi connectivity index (χ3n) is 3.27. The molecule has 0 radical (unpaired) electrons. The van der Waals surface area contributed by atoms with Crippen molar-refractivity contribution in [3.05, 3.63) is 0 Å². The largest absolute Gasteiger partial charge is 0.381 e. The van der Waals surface area contributed by atoms with Gasteiger partial charge in [-0.15, -0.1) is 0 Å². The van der Waals surface area contributed by atoms with Crippen molar-refractivity contribution in [1.82, 2.24) is 10.6 Å². The molecule has 0 aromatic heterocycles. The van der Waals surface area contributed by atoms with E-state index in [9.17, 15) is 4.79 Å². The van der Waals surface area contributed by atoms with Crippen LogP contribution in [0.3, 0.4) is 0 Å². The molecule has 0 aromatic carbocycles. The summed E-state index contributed by atoms with van der Waals surface area (Å²) in [6.07, 6.45) is 2.92. The topological polar surface area (TPSA) is 50.4 Å². The predicted molar refractivity (Wildman–Crippen MR) is 70.3 cm³/mol. The molecule has 0 saturated carbocycles. The summed E-state index contributed by atoms with van der Waals surface area (Å²) in [5.74, 6) is 2.91. The predicted octanol–water partition coefficient (Wildman–Crippen LogP) is 0.624. The van der Waals surface area contributed by atoms with E-state index in [2.05, 4.69) is 10.6 Å². The van der Waals surface area contributed by atoms with Crippen LogP contribution in [0.25, 0.3) is 0 Å². The number of thioether (sulfide) groups is 1. The Bertz CT molecular complexity index is 239. The van der Waals surface area contributed by atoms with Crippen LogP contribution < -0.4 is 10.6 Å². The van der Waals surface area contributed by atoms with Crippen molar-refractivity contribution in [3.8, 4) is 0 Å². The summed E-state index contributed by atoms with van der Waals surface area (Å²) in [4.78, 5) is 11.8. The molecule has 2 rings (SSSR count). The maximum absolute atomic E-state index is 11.8. The summed E-state index contributed by atoms with van der Waals surface area (Å²) < 4.78 is 5.40. The number of hydrogen-bond acceptors (Lipinski definition) is 4. The van der Waals surface area contributed by atoms with Gasteiger partial charge < -0.3 is 15.4 Å². The Hall–Kier alpha value is -0.260. The smallest absolute Gasteiger partial charge is 0.221 e. The van der Waals surface area contributed by atoms with Gasteiger partial charge >= 0.3 is 0 Å². The molecule has 2 saturated heterocycles. The summed E-state index contributed by atoms with van der Waals surface area (Å²) >= 11 is 1.93. The van der Waals surface area contributed by atoms with Crippen LogP contribution in [0.15, 0.2) is 0 Å². The highest BCUT2D eigenvalue weighted by Crippen LogP contribution is 2.13. The Morgan fingerprint density at radius 2 is 2.47 bits per heavy atom. The molecule has 2 fully saturated rings. The molecule has 0 aliphatic carbocycles. The first-order chi connectivity index (χ1) is 8.34. The van der Waals surface area contributed by atoms with Gasteiger partial charge in [-0.25, -0.2) is 0 Å². The van der Waals surface area contributed by atoms with Gasteiger partial charge in [0, 0.05) is 43.7 Å². The van der Waals surface area contributed by atoms with Gasteiger partial charge in [-0.1, -0.05) is 0 Å². The lowest BCUT2D eigenvalue weighted by molar-refractivity contribution is -0.121. The zero-order valence-electron chi connectivity index (χ0n) is 10.2. The zero-order chi connectivity index (χ0) is 11.9. The van der Waals surface area contributed by atoms with Crippen molar-refractivity contribution < 1.29 is 9.53 Å².